The van der Waals surface area contributed by atoms with Crippen molar-refractivity contribution in [1.82, 2.24) is 14.8 Å². The molecule has 0 bridgehead atoms. The normalized spacial score (nSPS) is 12.0. The first-order chi connectivity index (χ1) is 15.0. The van der Waals surface area contributed by atoms with E-state index in [2.05, 4.69) is 10.2 Å². The highest BCUT2D eigenvalue weighted by Crippen LogP contribution is 2.30. The third kappa shape index (κ3) is 4.75. The Kier molecular flexibility index (Phi) is 6.28. The van der Waals surface area contributed by atoms with E-state index in [9.17, 15) is 9.18 Å². The van der Waals surface area contributed by atoms with Crippen LogP contribution in [0, 0.1) is 12.7 Å². The third-order valence-corrected chi connectivity index (χ3v) is 6.08. The van der Waals surface area contributed by atoms with Gasteiger partial charge in [0.25, 0.3) is 0 Å². The number of thioether (sulfide) groups is 1. The summed E-state index contributed by atoms with van der Waals surface area (Å²) in [5, 5.41) is 8.81. The van der Waals surface area contributed by atoms with Crippen molar-refractivity contribution >= 4 is 17.5 Å². The number of Topliss-reactive ketones (excluding diaryl/α,β-unsaturated/α-hetero) is 1. The van der Waals surface area contributed by atoms with Crippen molar-refractivity contribution in [2.24, 2.45) is 0 Å². The van der Waals surface area contributed by atoms with Gasteiger partial charge < -0.3 is 0 Å². The minimum absolute atomic E-state index is 0.0201. The van der Waals surface area contributed by atoms with Crippen LogP contribution in [0.1, 0.15) is 28.4 Å². The highest BCUT2D eigenvalue weighted by molar-refractivity contribution is 8.00. The molecule has 1 atom stereocenters. The van der Waals surface area contributed by atoms with E-state index in [1.807, 2.05) is 73.0 Å². The predicted octanol–water partition coefficient (Wildman–Crippen LogP) is 5.80. The predicted molar refractivity (Wildman–Crippen MR) is 122 cm³/mol. The fourth-order valence-corrected chi connectivity index (χ4v) is 4.22. The number of aryl methyl sites for hydroxylation is 1. The number of benzene rings is 3. The van der Waals surface area contributed by atoms with Gasteiger partial charge in [0.05, 0.1) is 17.4 Å². The average Bonchev–Trinajstić information content (AvgIpc) is 3.16. The van der Waals surface area contributed by atoms with Crippen molar-refractivity contribution in [2.45, 2.75) is 30.8 Å². The minimum Gasteiger partial charge on any atom is -0.297 e. The van der Waals surface area contributed by atoms with Crippen molar-refractivity contribution < 1.29 is 9.18 Å². The van der Waals surface area contributed by atoms with Crippen LogP contribution in [0.3, 0.4) is 0 Å². The molecule has 0 spiro atoms. The second kappa shape index (κ2) is 9.27. The lowest BCUT2D eigenvalue weighted by Crippen LogP contribution is -2.15. The summed E-state index contributed by atoms with van der Waals surface area (Å²) in [5.41, 5.74) is 3.19. The number of halogens is 1. The van der Waals surface area contributed by atoms with Crippen molar-refractivity contribution in [3.63, 3.8) is 0 Å². The molecule has 6 heteroatoms. The van der Waals surface area contributed by atoms with Crippen molar-refractivity contribution in [1.29, 1.82) is 0 Å². The molecule has 0 fully saturated rings. The molecule has 0 aliphatic carbocycles. The molecule has 3 aromatic carbocycles. The molecule has 1 heterocycles. The SMILES string of the molecule is Cc1ccc(C(=O)[C@@H](C)Sc2nnc(-c3ccccc3F)n2Cc2ccccc2)cc1. The summed E-state index contributed by atoms with van der Waals surface area (Å²) in [4.78, 5) is 12.9. The van der Waals surface area contributed by atoms with Gasteiger partial charge in [0, 0.05) is 5.56 Å². The Bertz CT molecular complexity index is 1190. The molecule has 4 rings (SSSR count). The monoisotopic (exact) mass is 431 g/mol. The molecule has 0 aliphatic rings. The van der Waals surface area contributed by atoms with E-state index in [1.165, 1.54) is 17.8 Å². The molecular formula is C25H22FN3OS. The lowest BCUT2D eigenvalue weighted by atomic mass is 10.1. The summed E-state index contributed by atoms with van der Waals surface area (Å²) in [5.74, 6) is 0.107. The van der Waals surface area contributed by atoms with E-state index in [1.54, 1.807) is 18.2 Å². The van der Waals surface area contributed by atoms with Crippen molar-refractivity contribution in [2.75, 3.05) is 0 Å². The molecule has 0 saturated carbocycles. The number of ketones is 1. The van der Waals surface area contributed by atoms with Crippen LogP contribution in [-0.2, 0) is 6.54 Å². The largest absolute Gasteiger partial charge is 0.297 e. The van der Waals surface area contributed by atoms with Gasteiger partial charge in [-0.2, -0.15) is 0 Å². The second-order valence-corrected chi connectivity index (χ2v) is 8.66. The van der Waals surface area contributed by atoms with Gasteiger partial charge in [-0.05, 0) is 31.5 Å². The molecule has 0 aliphatic heterocycles. The molecule has 1 aromatic heterocycles. The highest BCUT2D eigenvalue weighted by atomic mass is 32.2. The first-order valence-electron chi connectivity index (χ1n) is 10.0. The fourth-order valence-electron chi connectivity index (χ4n) is 3.29. The van der Waals surface area contributed by atoms with Gasteiger partial charge in [-0.3, -0.25) is 9.36 Å². The van der Waals surface area contributed by atoms with Crippen molar-refractivity contribution in [3.05, 3.63) is 101 Å². The Morgan fingerprint density at radius 2 is 1.65 bits per heavy atom. The first kappa shape index (κ1) is 21.0. The van der Waals surface area contributed by atoms with Gasteiger partial charge >= 0.3 is 0 Å². The smallest absolute Gasteiger partial charge is 0.192 e. The van der Waals surface area contributed by atoms with Gasteiger partial charge in [-0.1, -0.05) is 84.1 Å². The lowest BCUT2D eigenvalue weighted by Gasteiger charge is -2.14. The quantitative estimate of drug-likeness (QED) is 0.274. The van der Waals surface area contributed by atoms with Crippen LogP contribution in [0.5, 0.6) is 0 Å². The van der Waals surface area contributed by atoms with E-state index in [-0.39, 0.29) is 16.9 Å². The van der Waals surface area contributed by atoms with Gasteiger partial charge in [-0.25, -0.2) is 4.39 Å². The number of hydrogen-bond donors (Lipinski definition) is 0. The van der Waals surface area contributed by atoms with Crippen LogP contribution in [0.25, 0.3) is 11.4 Å². The Morgan fingerprint density at radius 1 is 0.968 bits per heavy atom. The molecule has 4 nitrogen and oxygen atoms in total. The molecule has 0 amide bonds. The summed E-state index contributed by atoms with van der Waals surface area (Å²) in [6.45, 7) is 4.32. The van der Waals surface area contributed by atoms with Gasteiger partial charge in [0.1, 0.15) is 5.82 Å². The summed E-state index contributed by atoms with van der Waals surface area (Å²) in [7, 11) is 0. The van der Waals surface area contributed by atoms with E-state index < -0.39 is 0 Å². The van der Waals surface area contributed by atoms with E-state index in [0.29, 0.717) is 28.7 Å². The number of hydrogen-bond acceptors (Lipinski definition) is 4. The zero-order valence-corrected chi connectivity index (χ0v) is 18.1. The van der Waals surface area contributed by atoms with Gasteiger partial charge in [0.2, 0.25) is 0 Å². The number of carbonyl (C=O) groups is 1. The van der Waals surface area contributed by atoms with Crippen LogP contribution in [0.4, 0.5) is 4.39 Å². The maximum atomic E-state index is 14.5. The van der Waals surface area contributed by atoms with E-state index >= 15 is 0 Å². The molecule has 0 unspecified atom stereocenters. The van der Waals surface area contributed by atoms with E-state index in [4.69, 9.17) is 0 Å². The summed E-state index contributed by atoms with van der Waals surface area (Å²) in [6, 6.07) is 23.9. The Labute approximate surface area is 185 Å². The van der Waals surface area contributed by atoms with Gasteiger partial charge in [0.15, 0.2) is 16.8 Å². The molecule has 4 aromatic rings. The number of carbonyl (C=O) groups excluding carboxylic acids is 1. The highest BCUT2D eigenvalue weighted by Gasteiger charge is 2.23. The molecule has 0 radical (unpaired) electrons. The maximum Gasteiger partial charge on any atom is 0.192 e. The number of aromatic nitrogens is 3. The fraction of sp³-hybridized carbons (Fsp3) is 0.160. The van der Waals surface area contributed by atoms with Crippen LogP contribution >= 0.6 is 11.8 Å². The van der Waals surface area contributed by atoms with Crippen LogP contribution in [0.2, 0.25) is 0 Å². The average molecular weight is 432 g/mol. The summed E-state index contributed by atoms with van der Waals surface area (Å²) >= 11 is 1.34. The second-order valence-electron chi connectivity index (χ2n) is 7.35. The summed E-state index contributed by atoms with van der Waals surface area (Å²) in [6.07, 6.45) is 0. The third-order valence-electron chi connectivity index (χ3n) is 5.00. The van der Waals surface area contributed by atoms with Crippen LogP contribution in [0.15, 0.2) is 84.0 Å². The maximum absolute atomic E-state index is 14.5. The first-order valence-corrected chi connectivity index (χ1v) is 10.9. The molecule has 31 heavy (non-hydrogen) atoms. The molecular weight excluding hydrogens is 409 g/mol. The van der Waals surface area contributed by atoms with E-state index in [0.717, 1.165) is 11.1 Å². The van der Waals surface area contributed by atoms with Gasteiger partial charge in [-0.15, -0.1) is 10.2 Å². The number of nitrogens with zero attached hydrogens (tertiary/aromatic N) is 3. The van der Waals surface area contributed by atoms with Crippen molar-refractivity contribution in [3.8, 4) is 11.4 Å². The molecule has 0 saturated heterocycles. The minimum atomic E-state index is -0.366. The number of rotatable bonds is 7. The van der Waals surface area contributed by atoms with Crippen LogP contribution in [-0.4, -0.2) is 25.8 Å². The summed E-state index contributed by atoms with van der Waals surface area (Å²) < 4.78 is 16.4. The standard InChI is InChI=1S/C25H22FN3OS/c1-17-12-14-20(15-13-17)23(30)18(2)31-25-28-27-24(21-10-6-7-11-22(21)26)29(25)16-19-8-4-3-5-9-19/h3-15,18H,16H2,1-2H3/t18-/m1/s1. The zero-order valence-electron chi connectivity index (χ0n) is 17.3. The Hall–Kier alpha value is -3.25. The zero-order chi connectivity index (χ0) is 21.8. The Morgan fingerprint density at radius 3 is 2.35 bits per heavy atom. The molecule has 156 valence electrons. The van der Waals surface area contributed by atoms with Crippen LogP contribution < -0.4 is 0 Å². The lowest BCUT2D eigenvalue weighted by molar-refractivity contribution is 0.0994. The Balaban J connectivity index is 1.67. The topological polar surface area (TPSA) is 47.8 Å². The molecule has 0 N–H and O–H groups in total.